The van der Waals surface area contributed by atoms with Crippen LogP contribution < -0.4 is 10.2 Å². The van der Waals surface area contributed by atoms with Crippen LogP contribution in [0.3, 0.4) is 0 Å². The number of hydrogen-bond acceptors (Lipinski definition) is 4. The third kappa shape index (κ3) is 5.67. The lowest BCUT2D eigenvalue weighted by atomic mass is 9.99. The maximum Gasteiger partial charge on any atom is 0.338 e. The lowest BCUT2D eigenvalue weighted by molar-refractivity contribution is 0.0526. The van der Waals surface area contributed by atoms with Gasteiger partial charge in [-0.3, -0.25) is 0 Å². The predicted molar refractivity (Wildman–Crippen MR) is 139 cm³/mol. The first-order valence-electron chi connectivity index (χ1n) is 12.3. The third-order valence-corrected chi connectivity index (χ3v) is 7.10. The lowest BCUT2D eigenvalue weighted by Crippen LogP contribution is -2.41. The van der Waals surface area contributed by atoms with E-state index in [9.17, 15) is 4.79 Å². The number of rotatable bonds is 7. The molecule has 0 amide bonds. The summed E-state index contributed by atoms with van der Waals surface area (Å²) in [5.74, 6) is -0.298. The van der Waals surface area contributed by atoms with Crippen molar-refractivity contribution in [1.82, 2.24) is 4.90 Å². The van der Waals surface area contributed by atoms with Crippen molar-refractivity contribution in [3.8, 4) is 0 Å². The van der Waals surface area contributed by atoms with Crippen LogP contribution in [0.4, 0.5) is 11.4 Å². The molecule has 0 unspecified atom stereocenters. The molecule has 0 bridgehead atoms. The largest absolute Gasteiger partial charge is 0.462 e. The molecule has 33 heavy (non-hydrogen) atoms. The van der Waals surface area contributed by atoms with Gasteiger partial charge in [-0.1, -0.05) is 25.0 Å². The Bertz CT molecular complexity index is 970. The van der Waals surface area contributed by atoms with E-state index in [1.165, 1.54) is 48.9 Å². The number of benzene rings is 2. The molecule has 5 nitrogen and oxygen atoms in total. The van der Waals surface area contributed by atoms with Crippen LogP contribution in [-0.4, -0.2) is 41.7 Å². The molecule has 1 aliphatic carbocycles. The highest BCUT2D eigenvalue weighted by atomic mass is 32.1. The molecule has 0 saturated heterocycles. The predicted octanol–water partition coefficient (Wildman–Crippen LogP) is 5.78. The summed E-state index contributed by atoms with van der Waals surface area (Å²) in [4.78, 5) is 16.8. The van der Waals surface area contributed by atoms with Crippen LogP contribution in [0.1, 0.15) is 67.4 Å². The van der Waals surface area contributed by atoms with E-state index in [0.717, 1.165) is 36.9 Å². The zero-order valence-corrected chi connectivity index (χ0v) is 20.6. The van der Waals surface area contributed by atoms with Gasteiger partial charge in [-0.15, -0.1) is 0 Å². The Morgan fingerprint density at radius 1 is 1.12 bits per heavy atom. The molecular formula is C27H35N3O2S. The van der Waals surface area contributed by atoms with Gasteiger partial charge in [0.15, 0.2) is 5.11 Å². The Labute approximate surface area is 203 Å². The van der Waals surface area contributed by atoms with E-state index in [0.29, 0.717) is 18.2 Å². The molecule has 0 spiro atoms. The number of nitrogens with zero attached hydrogens (tertiary/aromatic N) is 2. The number of carbonyl (C=O) groups is 1. The van der Waals surface area contributed by atoms with Crippen molar-refractivity contribution in [2.24, 2.45) is 0 Å². The summed E-state index contributed by atoms with van der Waals surface area (Å²) in [5, 5.41) is 4.16. The SMILES string of the molecule is CCOC(=O)c1ccc(NC(=S)N(Cc2ccc3c(c2)CCCN3CC)C2CCCC2)cc1. The Kier molecular flexibility index (Phi) is 7.86. The molecular weight excluding hydrogens is 430 g/mol. The molecule has 0 atom stereocenters. The van der Waals surface area contributed by atoms with Gasteiger partial charge in [0.25, 0.3) is 0 Å². The molecule has 1 heterocycles. The quantitative estimate of drug-likeness (QED) is 0.413. The summed E-state index contributed by atoms with van der Waals surface area (Å²) in [7, 11) is 0. The van der Waals surface area contributed by atoms with Crippen LogP contribution in [0.15, 0.2) is 42.5 Å². The minimum Gasteiger partial charge on any atom is -0.462 e. The standard InChI is InChI=1S/C27H35N3O2S/c1-3-29-17-7-8-22-18-20(11-16-25(22)29)19-30(24-9-5-6-10-24)27(33)28-23-14-12-21(13-15-23)26(31)32-4-2/h11-16,18,24H,3-10,17,19H2,1-2H3,(H,28,33). The van der Waals surface area contributed by atoms with Gasteiger partial charge in [0, 0.05) is 37.1 Å². The van der Waals surface area contributed by atoms with E-state index >= 15 is 0 Å². The van der Waals surface area contributed by atoms with Gasteiger partial charge < -0.3 is 19.9 Å². The van der Waals surface area contributed by atoms with E-state index in [4.69, 9.17) is 17.0 Å². The Balaban J connectivity index is 1.48. The minimum absolute atomic E-state index is 0.298. The van der Waals surface area contributed by atoms with Gasteiger partial charge in [-0.05, 0) is 93.2 Å². The van der Waals surface area contributed by atoms with Gasteiger partial charge in [0.2, 0.25) is 0 Å². The number of esters is 1. The first kappa shape index (κ1) is 23.6. The molecule has 6 heteroatoms. The van der Waals surface area contributed by atoms with E-state index in [-0.39, 0.29) is 5.97 Å². The number of nitrogens with one attached hydrogen (secondary N) is 1. The maximum atomic E-state index is 11.9. The summed E-state index contributed by atoms with van der Waals surface area (Å²) >= 11 is 5.89. The first-order chi connectivity index (χ1) is 16.1. The van der Waals surface area contributed by atoms with Crippen molar-refractivity contribution in [3.63, 3.8) is 0 Å². The zero-order valence-electron chi connectivity index (χ0n) is 19.8. The van der Waals surface area contributed by atoms with Crippen molar-refractivity contribution in [1.29, 1.82) is 0 Å². The van der Waals surface area contributed by atoms with E-state index < -0.39 is 0 Å². The molecule has 0 aromatic heterocycles. The zero-order chi connectivity index (χ0) is 23.2. The van der Waals surface area contributed by atoms with E-state index in [1.54, 1.807) is 12.1 Å². The van der Waals surface area contributed by atoms with Gasteiger partial charge in [-0.25, -0.2) is 4.79 Å². The molecule has 1 saturated carbocycles. The Morgan fingerprint density at radius 3 is 2.58 bits per heavy atom. The smallest absolute Gasteiger partial charge is 0.338 e. The highest BCUT2D eigenvalue weighted by Gasteiger charge is 2.25. The lowest BCUT2D eigenvalue weighted by Gasteiger charge is -2.33. The Morgan fingerprint density at radius 2 is 1.88 bits per heavy atom. The number of fused-ring (bicyclic) bond motifs is 1. The molecule has 2 aliphatic rings. The fourth-order valence-electron chi connectivity index (χ4n) is 5.03. The molecule has 4 rings (SSSR count). The second kappa shape index (κ2) is 11.0. The van der Waals surface area contributed by atoms with Crippen LogP contribution in [-0.2, 0) is 17.7 Å². The number of thiocarbonyl (C=S) groups is 1. The second-order valence-corrected chi connectivity index (χ2v) is 9.33. The Hall–Kier alpha value is -2.60. The average Bonchev–Trinajstić information content (AvgIpc) is 3.37. The van der Waals surface area contributed by atoms with Crippen molar-refractivity contribution < 1.29 is 9.53 Å². The fraction of sp³-hybridized carbons (Fsp3) is 0.481. The summed E-state index contributed by atoms with van der Waals surface area (Å²) < 4.78 is 5.08. The molecule has 176 valence electrons. The second-order valence-electron chi connectivity index (χ2n) is 8.94. The molecule has 1 fully saturated rings. The normalized spacial score (nSPS) is 15.8. The van der Waals surface area contributed by atoms with Gasteiger partial charge in [-0.2, -0.15) is 0 Å². The molecule has 1 aliphatic heterocycles. The van der Waals surface area contributed by atoms with Crippen LogP contribution in [0.25, 0.3) is 0 Å². The highest BCUT2D eigenvalue weighted by Crippen LogP contribution is 2.30. The number of hydrogen-bond donors (Lipinski definition) is 1. The van der Waals surface area contributed by atoms with Crippen LogP contribution in [0.5, 0.6) is 0 Å². The van der Waals surface area contributed by atoms with Crippen LogP contribution >= 0.6 is 12.2 Å². The minimum atomic E-state index is -0.298. The maximum absolute atomic E-state index is 11.9. The van der Waals surface area contributed by atoms with E-state index in [2.05, 4.69) is 40.2 Å². The van der Waals surface area contributed by atoms with Crippen molar-refractivity contribution in [2.45, 2.75) is 65.0 Å². The third-order valence-electron chi connectivity index (χ3n) is 6.77. The summed E-state index contributed by atoms with van der Waals surface area (Å²) in [6.45, 7) is 7.44. The molecule has 2 aromatic carbocycles. The molecule has 1 N–H and O–H groups in total. The van der Waals surface area contributed by atoms with Crippen molar-refractivity contribution >= 4 is 34.7 Å². The van der Waals surface area contributed by atoms with E-state index in [1.807, 2.05) is 19.1 Å². The highest BCUT2D eigenvalue weighted by molar-refractivity contribution is 7.80. The van der Waals surface area contributed by atoms with Gasteiger partial charge >= 0.3 is 5.97 Å². The number of anilines is 2. The summed E-state index contributed by atoms with van der Waals surface area (Å²) in [5.41, 5.74) is 5.61. The van der Waals surface area contributed by atoms with Crippen LogP contribution in [0, 0.1) is 0 Å². The topological polar surface area (TPSA) is 44.8 Å². The summed E-state index contributed by atoms with van der Waals surface area (Å²) in [6, 6.07) is 14.8. The number of carbonyl (C=O) groups excluding carboxylic acids is 1. The number of ether oxygens (including phenoxy) is 1. The summed E-state index contributed by atoms with van der Waals surface area (Å²) in [6.07, 6.45) is 7.24. The first-order valence-corrected chi connectivity index (χ1v) is 12.7. The monoisotopic (exact) mass is 465 g/mol. The van der Waals surface area contributed by atoms with Crippen molar-refractivity contribution in [2.75, 3.05) is 29.9 Å². The fourth-order valence-corrected chi connectivity index (χ4v) is 5.37. The average molecular weight is 466 g/mol. The molecule has 2 aromatic rings. The van der Waals surface area contributed by atoms with Crippen molar-refractivity contribution in [3.05, 3.63) is 59.2 Å². The molecule has 0 radical (unpaired) electrons. The van der Waals surface area contributed by atoms with Crippen LogP contribution in [0.2, 0.25) is 0 Å². The van der Waals surface area contributed by atoms with Gasteiger partial charge in [0.1, 0.15) is 0 Å². The number of aryl methyl sites for hydroxylation is 1. The van der Waals surface area contributed by atoms with Gasteiger partial charge in [0.05, 0.1) is 12.2 Å².